The molecule has 5 atom stereocenters. The van der Waals surface area contributed by atoms with Gasteiger partial charge in [0.05, 0.1) is 6.04 Å². The molecular formula is C22H32Cl2N2O4. The average molecular weight is 459 g/mol. The Hall–Kier alpha value is -1.14. The summed E-state index contributed by atoms with van der Waals surface area (Å²) >= 11 is 12.8. The monoisotopic (exact) mass is 458 g/mol. The van der Waals surface area contributed by atoms with E-state index in [0.29, 0.717) is 25.3 Å². The quantitative estimate of drug-likeness (QED) is 0.446. The van der Waals surface area contributed by atoms with Gasteiger partial charge in [0.25, 0.3) is 0 Å². The van der Waals surface area contributed by atoms with Crippen molar-refractivity contribution in [2.75, 3.05) is 6.54 Å². The molecule has 1 saturated heterocycles. The number of amides is 2. The number of Topliss-reactive ketones (excluding diaryl/α,β-unsaturated/α-hetero) is 2. The van der Waals surface area contributed by atoms with E-state index in [0.717, 1.165) is 25.7 Å². The summed E-state index contributed by atoms with van der Waals surface area (Å²) in [6.07, 6.45) is 6.54. The Balaban J connectivity index is 1.76. The predicted molar refractivity (Wildman–Crippen MR) is 115 cm³/mol. The van der Waals surface area contributed by atoms with E-state index in [-0.39, 0.29) is 23.7 Å². The summed E-state index contributed by atoms with van der Waals surface area (Å²) in [5.41, 5.74) is 0. The first-order valence-electron chi connectivity index (χ1n) is 11.1. The number of halogens is 2. The molecule has 6 nitrogen and oxygen atoms in total. The molecule has 168 valence electrons. The molecule has 3 rings (SSSR count). The Kier molecular flexibility index (Phi) is 7.18. The number of nitrogens with one attached hydrogen (secondary N) is 1. The summed E-state index contributed by atoms with van der Waals surface area (Å²) in [5.74, 6) is -2.02. The second-order valence-electron chi connectivity index (χ2n) is 9.20. The van der Waals surface area contributed by atoms with Gasteiger partial charge in [0.1, 0.15) is 10.4 Å². The molecule has 0 aromatic carbocycles. The molecule has 2 aliphatic carbocycles. The van der Waals surface area contributed by atoms with E-state index in [1.165, 1.54) is 13.3 Å². The van der Waals surface area contributed by atoms with Crippen molar-refractivity contribution < 1.29 is 19.2 Å². The predicted octanol–water partition coefficient (Wildman–Crippen LogP) is 3.28. The number of rotatable bonds is 8. The molecule has 30 heavy (non-hydrogen) atoms. The molecule has 2 amide bonds. The summed E-state index contributed by atoms with van der Waals surface area (Å²) in [6.45, 7) is 5.38. The van der Waals surface area contributed by atoms with Crippen LogP contribution in [-0.2, 0) is 19.2 Å². The fourth-order valence-corrected chi connectivity index (χ4v) is 6.12. The van der Waals surface area contributed by atoms with E-state index < -0.39 is 33.9 Å². The van der Waals surface area contributed by atoms with Crippen LogP contribution in [0.4, 0.5) is 0 Å². The highest BCUT2D eigenvalue weighted by Gasteiger charge is 2.73. The van der Waals surface area contributed by atoms with Gasteiger partial charge in [-0.3, -0.25) is 19.2 Å². The largest absolute Gasteiger partial charge is 0.344 e. The lowest BCUT2D eigenvalue weighted by Crippen LogP contribution is -2.55. The summed E-state index contributed by atoms with van der Waals surface area (Å²) in [6, 6.07) is -1.69. The zero-order valence-corrected chi connectivity index (χ0v) is 19.5. The standard InChI is InChI=1S/C22H32Cl2N2O4/c1-4-8-16(19(28)13(3)27)25-20(29)18-17-15(22(17,23)24)11-26(18)21(30)12(2)14-9-6-5-7-10-14/h12,14-18H,4-11H2,1-3H3,(H,25,29)/t12-,15-,16-,17-,18-/m0/s1. The number of hydrogen-bond donors (Lipinski definition) is 1. The lowest BCUT2D eigenvalue weighted by molar-refractivity contribution is -0.145. The van der Waals surface area contributed by atoms with Gasteiger partial charge in [-0.15, -0.1) is 23.2 Å². The minimum atomic E-state index is -1.03. The van der Waals surface area contributed by atoms with E-state index in [9.17, 15) is 19.2 Å². The lowest BCUT2D eigenvalue weighted by atomic mass is 9.80. The molecule has 1 aliphatic heterocycles. The van der Waals surface area contributed by atoms with Gasteiger partial charge >= 0.3 is 0 Å². The maximum atomic E-state index is 13.3. The van der Waals surface area contributed by atoms with E-state index in [1.54, 1.807) is 4.90 Å². The van der Waals surface area contributed by atoms with E-state index >= 15 is 0 Å². The van der Waals surface area contributed by atoms with Crippen LogP contribution >= 0.6 is 23.2 Å². The number of ketones is 2. The van der Waals surface area contributed by atoms with Gasteiger partial charge in [-0.1, -0.05) is 39.5 Å². The Morgan fingerprint density at radius 3 is 2.33 bits per heavy atom. The van der Waals surface area contributed by atoms with Gasteiger partial charge in [-0.05, 0) is 25.2 Å². The van der Waals surface area contributed by atoms with Crippen LogP contribution in [0.25, 0.3) is 0 Å². The molecule has 3 fully saturated rings. The number of carbonyl (C=O) groups excluding carboxylic acids is 4. The molecule has 0 aromatic rings. The van der Waals surface area contributed by atoms with Crippen molar-refractivity contribution in [1.82, 2.24) is 10.2 Å². The van der Waals surface area contributed by atoms with Crippen LogP contribution in [-0.4, -0.2) is 51.2 Å². The Morgan fingerprint density at radius 1 is 1.13 bits per heavy atom. The number of carbonyl (C=O) groups is 4. The fraction of sp³-hybridized carbons (Fsp3) is 0.818. The first kappa shape index (κ1) is 23.5. The average Bonchev–Trinajstić information content (AvgIpc) is 3.06. The second kappa shape index (κ2) is 9.15. The van der Waals surface area contributed by atoms with Gasteiger partial charge in [0, 0.05) is 31.2 Å². The Bertz CT molecular complexity index is 720. The maximum absolute atomic E-state index is 13.3. The number of alkyl halides is 2. The van der Waals surface area contributed by atoms with Gasteiger partial charge in [-0.2, -0.15) is 0 Å². The van der Waals surface area contributed by atoms with Gasteiger partial charge in [-0.25, -0.2) is 0 Å². The van der Waals surface area contributed by atoms with Crippen molar-refractivity contribution >= 4 is 46.6 Å². The number of hydrogen-bond acceptors (Lipinski definition) is 4. The smallest absolute Gasteiger partial charge is 0.243 e. The van der Waals surface area contributed by atoms with Crippen molar-refractivity contribution in [3.05, 3.63) is 0 Å². The minimum Gasteiger partial charge on any atom is -0.344 e. The maximum Gasteiger partial charge on any atom is 0.243 e. The van der Waals surface area contributed by atoms with Crippen molar-refractivity contribution in [3.8, 4) is 0 Å². The van der Waals surface area contributed by atoms with E-state index in [4.69, 9.17) is 23.2 Å². The SMILES string of the molecule is CCC[C@H](NC(=O)[C@@H]1[C@@H]2[C@H](CN1C(=O)[C@@H](C)C1CCCCC1)C2(Cl)Cl)C(=O)C(C)=O. The zero-order chi connectivity index (χ0) is 22.2. The molecule has 8 heteroatoms. The summed E-state index contributed by atoms with van der Waals surface area (Å²) in [7, 11) is 0. The summed E-state index contributed by atoms with van der Waals surface area (Å²) in [4.78, 5) is 52.0. The number of nitrogens with zero attached hydrogens (tertiary/aromatic N) is 1. The number of likely N-dealkylation sites (tertiary alicyclic amines) is 1. The normalized spacial score (nSPS) is 29.6. The topological polar surface area (TPSA) is 83.6 Å². The number of fused-ring (bicyclic) bond motifs is 1. The van der Waals surface area contributed by atoms with E-state index in [2.05, 4.69) is 5.32 Å². The minimum absolute atomic E-state index is 0.0386. The fourth-order valence-electron chi connectivity index (χ4n) is 5.29. The van der Waals surface area contributed by atoms with Crippen LogP contribution in [0.5, 0.6) is 0 Å². The molecule has 1 heterocycles. The molecule has 0 radical (unpaired) electrons. The highest BCUT2D eigenvalue weighted by Crippen LogP contribution is 2.65. The molecule has 3 aliphatic rings. The Labute approximate surface area is 188 Å². The van der Waals surface area contributed by atoms with Crippen molar-refractivity contribution in [2.45, 2.75) is 82.1 Å². The van der Waals surface area contributed by atoms with Crippen LogP contribution in [0.1, 0.15) is 65.7 Å². The second-order valence-corrected chi connectivity index (χ2v) is 10.6. The highest BCUT2D eigenvalue weighted by atomic mass is 35.5. The van der Waals surface area contributed by atoms with Crippen LogP contribution in [0.3, 0.4) is 0 Å². The Morgan fingerprint density at radius 2 is 1.77 bits per heavy atom. The zero-order valence-electron chi connectivity index (χ0n) is 18.0. The first-order valence-corrected chi connectivity index (χ1v) is 11.9. The molecule has 0 bridgehead atoms. The molecule has 0 aromatic heterocycles. The van der Waals surface area contributed by atoms with Crippen molar-refractivity contribution in [3.63, 3.8) is 0 Å². The third-order valence-electron chi connectivity index (χ3n) is 7.19. The molecule has 0 unspecified atom stereocenters. The third kappa shape index (κ3) is 4.40. The van der Waals surface area contributed by atoms with Crippen LogP contribution < -0.4 is 5.32 Å². The molecule has 1 N–H and O–H groups in total. The third-order valence-corrected chi connectivity index (χ3v) is 8.25. The molecular weight excluding hydrogens is 427 g/mol. The van der Waals surface area contributed by atoms with Crippen molar-refractivity contribution in [2.24, 2.45) is 23.7 Å². The summed E-state index contributed by atoms with van der Waals surface area (Å²) < 4.78 is -1.03. The number of piperidine rings is 1. The lowest BCUT2D eigenvalue weighted by Gasteiger charge is -2.35. The van der Waals surface area contributed by atoms with E-state index in [1.807, 2.05) is 13.8 Å². The molecule has 0 spiro atoms. The molecule has 2 saturated carbocycles. The van der Waals surface area contributed by atoms with Gasteiger partial charge < -0.3 is 10.2 Å². The first-order chi connectivity index (χ1) is 14.1. The van der Waals surface area contributed by atoms with Gasteiger partial charge in [0.2, 0.25) is 17.6 Å². The van der Waals surface area contributed by atoms with Gasteiger partial charge in [0.15, 0.2) is 5.78 Å². The van der Waals surface area contributed by atoms with Crippen LogP contribution in [0.15, 0.2) is 0 Å². The van der Waals surface area contributed by atoms with Crippen LogP contribution in [0, 0.1) is 23.7 Å². The van der Waals surface area contributed by atoms with Crippen LogP contribution in [0.2, 0.25) is 0 Å². The highest BCUT2D eigenvalue weighted by molar-refractivity contribution is 6.51. The van der Waals surface area contributed by atoms with Crippen molar-refractivity contribution in [1.29, 1.82) is 0 Å². The summed E-state index contributed by atoms with van der Waals surface area (Å²) in [5, 5.41) is 2.72.